The quantitative estimate of drug-likeness (QED) is 0.282. The van der Waals surface area contributed by atoms with Gasteiger partial charge in [-0.1, -0.05) is 42.5 Å². The van der Waals surface area contributed by atoms with Gasteiger partial charge in [0, 0.05) is 36.6 Å². The molecule has 0 unspecified atom stereocenters. The van der Waals surface area contributed by atoms with Gasteiger partial charge in [0.05, 0.1) is 11.0 Å². The van der Waals surface area contributed by atoms with Crippen LogP contribution in [0.1, 0.15) is 39.6 Å². The molecule has 4 aromatic rings. The van der Waals surface area contributed by atoms with Gasteiger partial charge >= 0.3 is 0 Å². The molecule has 0 saturated heterocycles. The Balaban J connectivity index is 1.22. The topological polar surface area (TPSA) is 118 Å². The van der Waals surface area contributed by atoms with Crippen LogP contribution >= 0.6 is 0 Å². The zero-order valence-corrected chi connectivity index (χ0v) is 22.9. The van der Waals surface area contributed by atoms with Crippen LogP contribution in [0, 0.1) is 6.92 Å². The Hall–Kier alpha value is -4.05. The van der Waals surface area contributed by atoms with Gasteiger partial charge in [-0.15, -0.1) is 0 Å². The number of ether oxygens (including phenoxy) is 1. The van der Waals surface area contributed by atoms with Crippen molar-refractivity contribution in [2.24, 2.45) is 0 Å². The summed E-state index contributed by atoms with van der Waals surface area (Å²) in [4.78, 5) is 17.0. The minimum Gasteiger partial charge on any atom is -0.489 e. The average molecular weight is 558 g/mol. The molecule has 2 heterocycles. The highest BCUT2D eigenvalue weighted by Gasteiger charge is 2.22. The van der Waals surface area contributed by atoms with Crippen LogP contribution in [0.3, 0.4) is 0 Å². The van der Waals surface area contributed by atoms with Crippen LogP contribution in [-0.2, 0) is 16.4 Å². The molecule has 40 heavy (non-hydrogen) atoms. The SMILES string of the molecule is Cc1ccccc1S(=O)(=O)NC(=O)c1cccc(-c2ccc3c(c2)CC[C@H](CNC[C@H](O)c2cccnc2)O3)c1. The molecule has 3 N–H and O–H groups in total. The number of nitrogens with one attached hydrogen (secondary N) is 2. The fourth-order valence-corrected chi connectivity index (χ4v) is 6.00. The molecule has 0 radical (unpaired) electrons. The summed E-state index contributed by atoms with van der Waals surface area (Å²) in [6, 6.07) is 23.0. The van der Waals surface area contributed by atoms with Crippen molar-refractivity contribution in [1.29, 1.82) is 0 Å². The second kappa shape index (κ2) is 12.0. The Morgan fingerprint density at radius 3 is 2.67 bits per heavy atom. The number of carbonyl (C=O) groups excluding carboxylic acids is 1. The molecule has 8 nitrogen and oxygen atoms in total. The van der Waals surface area contributed by atoms with E-state index in [0.717, 1.165) is 40.8 Å². The van der Waals surface area contributed by atoms with Crippen LogP contribution in [0.2, 0.25) is 0 Å². The minimum absolute atomic E-state index is 0.0123. The number of sulfonamides is 1. The molecule has 1 aromatic heterocycles. The van der Waals surface area contributed by atoms with E-state index in [-0.39, 0.29) is 16.6 Å². The molecule has 0 bridgehead atoms. The first kappa shape index (κ1) is 27.5. The van der Waals surface area contributed by atoms with Crippen LogP contribution in [0.5, 0.6) is 5.75 Å². The van der Waals surface area contributed by atoms with Gasteiger partial charge in [0.25, 0.3) is 15.9 Å². The summed E-state index contributed by atoms with van der Waals surface area (Å²) in [5.41, 5.74) is 4.37. The van der Waals surface area contributed by atoms with E-state index in [4.69, 9.17) is 4.74 Å². The molecule has 5 rings (SSSR count). The third kappa shape index (κ3) is 6.39. The molecule has 206 valence electrons. The van der Waals surface area contributed by atoms with Gasteiger partial charge in [-0.05, 0) is 78.4 Å². The molecule has 0 fully saturated rings. The number of pyridine rings is 1. The zero-order chi connectivity index (χ0) is 28.1. The number of aliphatic hydroxyl groups is 1. The molecular weight excluding hydrogens is 526 g/mol. The Morgan fingerprint density at radius 1 is 1.05 bits per heavy atom. The second-order valence-electron chi connectivity index (χ2n) is 9.84. The highest BCUT2D eigenvalue weighted by molar-refractivity contribution is 7.90. The molecule has 9 heteroatoms. The fraction of sp³-hybridized carbons (Fsp3) is 0.226. The number of aryl methyl sites for hydroxylation is 2. The van der Waals surface area contributed by atoms with Crippen molar-refractivity contribution in [3.05, 3.63) is 114 Å². The summed E-state index contributed by atoms with van der Waals surface area (Å²) in [7, 11) is -4.00. The maximum atomic E-state index is 12.9. The van der Waals surface area contributed by atoms with Crippen molar-refractivity contribution >= 4 is 15.9 Å². The first-order valence-corrected chi connectivity index (χ1v) is 14.6. The number of rotatable bonds is 9. The highest BCUT2D eigenvalue weighted by Crippen LogP contribution is 2.32. The molecule has 3 aromatic carbocycles. The number of aliphatic hydroxyl groups excluding tert-OH is 1. The lowest BCUT2D eigenvalue weighted by Gasteiger charge is -2.27. The molecular formula is C31H31N3O5S. The molecule has 1 aliphatic heterocycles. The Labute approximate surface area is 234 Å². The predicted octanol–water partition coefficient (Wildman–Crippen LogP) is 4.19. The lowest BCUT2D eigenvalue weighted by molar-refractivity contribution is 0.0981. The van der Waals surface area contributed by atoms with E-state index in [2.05, 4.69) is 15.0 Å². The molecule has 1 aliphatic rings. The number of hydrogen-bond donors (Lipinski definition) is 3. The smallest absolute Gasteiger partial charge is 0.265 e. The van der Waals surface area contributed by atoms with Crippen LogP contribution in [0.15, 0.2) is 96.2 Å². The van der Waals surface area contributed by atoms with Gasteiger partial charge in [0.2, 0.25) is 0 Å². The molecule has 0 saturated carbocycles. The van der Waals surface area contributed by atoms with E-state index in [1.807, 2.05) is 30.3 Å². The maximum absolute atomic E-state index is 12.9. The van der Waals surface area contributed by atoms with Crippen LogP contribution in [0.25, 0.3) is 11.1 Å². The number of carbonyl (C=O) groups is 1. The van der Waals surface area contributed by atoms with Gasteiger partial charge in [0.1, 0.15) is 11.9 Å². The first-order valence-electron chi connectivity index (χ1n) is 13.1. The van der Waals surface area contributed by atoms with Crippen molar-refractivity contribution in [2.75, 3.05) is 13.1 Å². The number of nitrogens with zero attached hydrogens (tertiary/aromatic N) is 1. The minimum atomic E-state index is -4.00. The van der Waals surface area contributed by atoms with Crippen LogP contribution in [0.4, 0.5) is 0 Å². The van der Waals surface area contributed by atoms with Crippen molar-refractivity contribution in [1.82, 2.24) is 15.0 Å². The Morgan fingerprint density at radius 2 is 1.88 bits per heavy atom. The van der Waals surface area contributed by atoms with Crippen molar-refractivity contribution < 1.29 is 23.1 Å². The van der Waals surface area contributed by atoms with E-state index >= 15 is 0 Å². The third-order valence-corrected chi connectivity index (χ3v) is 8.43. The largest absolute Gasteiger partial charge is 0.489 e. The summed E-state index contributed by atoms with van der Waals surface area (Å²) in [6.07, 6.45) is 4.35. The normalized spacial score (nSPS) is 15.5. The summed E-state index contributed by atoms with van der Waals surface area (Å²) in [5.74, 6) is 0.128. The highest BCUT2D eigenvalue weighted by atomic mass is 32.2. The molecule has 0 spiro atoms. The number of amides is 1. The van der Waals surface area contributed by atoms with Crippen molar-refractivity contribution in [3.63, 3.8) is 0 Å². The maximum Gasteiger partial charge on any atom is 0.265 e. The Kier molecular flexibility index (Phi) is 8.25. The van der Waals surface area contributed by atoms with E-state index in [0.29, 0.717) is 18.7 Å². The predicted molar refractivity (Wildman–Crippen MR) is 153 cm³/mol. The van der Waals surface area contributed by atoms with Crippen molar-refractivity contribution in [3.8, 4) is 16.9 Å². The first-order chi connectivity index (χ1) is 19.3. The van der Waals surface area contributed by atoms with Gasteiger partial charge < -0.3 is 15.2 Å². The number of hydrogen-bond acceptors (Lipinski definition) is 7. The van der Waals surface area contributed by atoms with Gasteiger partial charge in [-0.3, -0.25) is 9.78 Å². The molecule has 1 amide bonds. The third-order valence-electron chi connectivity index (χ3n) is 6.94. The van der Waals surface area contributed by atoms with Crippen LogP contribution < -0.4 is 14.8 Å². The van der Waals surface area contributed by atoms with Gasteiger partial charge in [-0.2, -0.15) is 0 Å². The standard InChI is InChI=1S/C31H31N3O5S/c1-21-6-2-3-10-30(21)40(37,38)34-31(36)25-8-4-7-22(17-25)23-12-14-29-24(16-23)11-13-27(39-29)19-33-20-28(35)26-9-5-15-32-18-26/h2-10,12,14-18,27-28,33,35H,11,13,19-20H2,1H3,(H,34,36)/t27-,28+/m1/s1. The zero-order valence-electron chi connectivity index (χ0n) is 22.1. The summed E-state index contributed by atoms with van der Waals surface area (Å²) >= 11 is 0. The van der Waals surface area contributed by atoms with E-state index < -0.39 is 22.0 Å². The van der Waals surface area contributed by atoms with E-state index in [1.165, 1.54) is 6.07 Å². The average Bonchev–Trinajstić information content (AvgIpc) is 2.97. The van der Waals surface area contributed by atoms with E-state index in [9.17, 15) is 18.3 Å². The van der Waals surface area contributed by atoms with Crippen molar-refractivity contribution in [2.45, 2.75) is 36.9 Å². The number of aromatic nitrogens is 1. The monoisotopic (exact) mass is 557 g/mol. The second-order valence-corrected chi connectivity index (χ2v) is 11.5. The summed E-state index contributed by atoms with van der Waals surface area (Å²) < 4.78 is 33.9. The fourth-order valence-electron chi connectivity index (χ4n) is 4.77. The van der Waals surface area contributed by atoms with Crippen LogP contribution in [-0.4, -0.2) is 43.6 Å². The summed E-state index contributed by atoms with van der Waals surface area (Å²) in [6.45, 7) is 2.71. The van der Waals surface area contributed by atoms with Gasteiger partial charge in [0.15, 0.2) is 0 Å². The molecule has 2 atom stereocenters. The lowest BCUT2D eigenvalue weighted by atomic mass is 9.96. The lowest BCUT2D eigenvalue weighted by Crippen LogP contribution is -2.36. The number of benzene rings is 3. The molecule has 0 aliphatic carbocycles. The Bertz CT molecular complexity index is 1610. The summed E-state index contributed by atoms with van der Waals surface area (Å²) in [5, 5.41) is 13.6. The number of fused-ring (bicyclic) bond motifs is 1. The van der Waals surface area contributed by atoms with E-state index in [1.54, 1.807) is 61.8 Å². The van der Waals surface area contributed by atoms with Gasteiger partial charge in [-0.25, -0.2) is 13.1 Å².